The number of benzene rings is 1. The van der Waals surface area contributed by atoms with E-state index in [9.17, 15) is 4.79 Å². The Balaban J connectivity index is 2.13. The molecule has 4 nitrogen and oxygen atoms in total. The van der Waals surface area contributed by atoms with E-state index < -0.39 is 0 Å². The van der Waals surface area contributed by atoms with Gasteiger partial charge in [-0.3, -0.25) is 4.79 Å². The Morgan fingerprint density at radius 1 is 1.32 bits per heavy atom. The van der Waals surface area contributed by atoms with Crippen molar-refractivity contribution in [2.45, 2.75) is 19.8 Å². The van der Waals surface area contributed by atoms with E-state index >= 15 is 0 Å². The molecular weight excluding hydrogens is 242 g/mol. The van der Waals surface area contributed by atoms with Crippen LogP contribution in [0.2, 0.25) is 0 Å². The summed E-state index contributed by atoms with van der Waals surface area (Å²) in [5.41, 5.74) is 1.09. The number of hydrogen-bond acceptors (Lipinski definition) is 4. The quantitative estimate of drug-likeness (QED) is 0.818. The number of carbonyl (C=O) groups excluding carboxylic acids is 1. The summed E-state index contributed by atoms with van der Waals surface area (Å²) in [6.07, 6.45) is 1.57. The van der Waals surface area contributed by atoms with Crippen molar-refractivity contribution in [2.24, 2.45) is 5.92 Å². The van der Waals surface area contributed by atoms with Crippen molar-refractivity contribution in [1.82, 2.24) is 0 Å². The van der Waals surface area contributed by atoms with Gasteiger partial charge in [-0.1, -0.05) is 6.92 Å². The highest BCUT2D eigenvalue weighted by molar-refractivity contribution is 5.82. The lowest BCUT2D eigenvalue weighted by molar-refractivity contribution is -0.121. The SMILES string of the molecule is CCC(=O)C1CCN(c2ccc(OC)c(OC)c2)C1. The average Bonchev–Trinajstić information content (AvgIpc) is 2.95. The Bertz CT molecular complexity index is 459. The maximum atomic E-state index is 11.7. The van der Waals surface area contributed by atoms with Crippen LogP contribution in [0, 0.1) is 5.92 Å². The smallest absolute Gasteiger partial charge is 0.162 e. The molecule has 1 heterocycles. The normalized spacial score (nSPS) is 18.5. The molecule has 1 atom stereocenters. The Hall–Kier alpha value is -1.71. The van der Waals surface area contributed by atoms with E-state index in [0.717, 1.165) is 36.7 Å². The largest absolute Gasteiger partial charge is 0.493 e. The molecule has 1 unspecified atom stereocenters. The van der Waals surface area contributed by atoms with Crippen LogP contribution in [0.15, 0.2) is 18.2 Å². The summed E-state index contributed by atoms with van der Waals surface area (Å²) in [5, 5.41) is 0. The monoisotopic (exact) mass is 263 g/mol. The third kappa shape index (κ3) is 2.83. The molecule has 0 aliphatic carbocycles. The topological polar surface area (TPSA) is 38.8 Å². The molecule has 0 spiro atoms. The van der Waals surface area contributed by atoms with Crippen LogP contribution in [0.5, 0.6) is 11.5 Å². The summed E-state index contributed by atoms with van der Waals surface area (Å²) in [7, 11) is 3.26. The molecule has 0 bridgehead atoms. The minimum atomic E-state index is 0.179. The summed E-state index contributed by atoms with van der Waals surface area (Å²) >= 11 is 0. The minimum Gasteiger partial charge on any atom is -0.493 e. The third-order valence-corrected chi connectivity index (χ3v) is 3.72. The summed E-state index contributed by atoms with van der Waals surface area (Å²) in [6, 6.07) is 5.89. The van der Waals surface area contributed by atoms with Crippen molar-refractivity contribution >= 4 is 11.5 Å². The van der Waals surface area contributed by atoms with Gasteiger partial charge in [-0.2, -0.15) is 0 Å². The summed E-state index contributed by atoms with van der Waals surface area (Å²) in [5.74, 6) is 2.00. The van der Waals surface area contributed by atoms with Gasteiger partial charge in [0.05, 0.1) is 14.2 Å². The first-order valence-electron chi connectivity index (χ1n) is 6.69. The number of nitrogens with zero attached hydrogens (tertiary/aromatic N) is 1. The van der Waals surface area contributed by atoms with Gasteiger partial charge in [-0.15, -0.1) is 0 Å². The maximum Gasteiger partial charge on any atom is 0.162 e. The van der Waals surface area contributed by atoms with Crippen molar-refractivity contribution in [1.29, 1.82) is 0 Å². The van der Waals surface area contributed by atoms with E-state index in [2.05, 4.69) is 4.90 Å². The number of methoxy groups -OCH3 is 2. The molecule has 0 amide bonds. The molecule has 1 saturated heterocycles. The fourth-order valence-electron chi connectivity index (χ4n) is 2.57. The van der Waals surface area contributed by atoms with E-state index in [1.54, 1.807) is 14.2 Å². The molecule has 0 saturated carbocycles. The van der Waals surface area contributed by atoms with Crippen LogP contribution >= 0.6 is 0 Å². The fourth-order valence-corrected chi connectivity index (χ4v) is 2.57. The molecule has 1 fully saturated rings. The Morgan fingerprint density at radius 3 is 2.68 bits per heavy atom. The summed E-state index contributed by atoms with van der Waals surface area (Å²) in [6.45, 7) is 3.66. The van der Waals surface area contributed by atoms with Crippen LogP contribution < -0.4 is 14.4 Å². The van der Waals surface area contributed by atoms with Crippen molar-refractivity contribution in [3.8, 4) is 11.5 Å². The van der Waals surface area contributed by atoms with Gasteiger partial charge in [0, 0.05) is 37.2 Å². The average molecular weight is 263 g/mol. The van der Waals surface area contributed by atoms with Crippen LogP contribution in [0.1, 0.15) is 19.8 Å². The molecule has 19 heavy (non-hydrogen) atoms. The van der Waals surface area contributed by atoms with Crippen LogP contribution in [0.3, 0.4) is 0 Å². The van der Waals surface area contributed by atoms with Gasteiger partial charge < -0.3 is 14.4 Å². The minimum absolute atomic E-state index is 0.179. The molecule has 1 aromatic carbocycles. The highest BCUT2D eigenvalue weighted by Crippen LogP contribution is 2.33. The van der Waals surface area contributed by atoms with Gasteiger partial charge in [-0.25, -0.2) is 0 Å². The number of Topliss-reactive ketones (excluding diaryl/α,β-unsaturated/α-hetero) is 1. The molecule has 4 heteroatoms. The summed E-state index contributed by atoms with van der Waals surface area (Å²) in [4.78, 5) is 14.0. The molecule has 0 radical (unpaired) electrons. The first-order chi connectivity index (χ1) is 9.19. The van der Waals surface area contributed by atoms with E-state index in [4.69, 9.17) is 9.47 Å². The van der Waals surface area contributed by atoms with Crippen LogP contribution in [0.4, 0.5) is 5.69 Å². The zero-order chi connectivity index (χ0) is 13.8. The lowest BCUT2D eigenvalue weighted by atomic mass is 10.0. The second-order valence-corrected chi connectivity index (χ2v) is 4.79. The van der Waals surface area contributed by atoms with Gasteiger partial charge in [0.1, 0.15) is 5.78 Å². The number of ether oxygens (including phenoxy) is 2. The molecule has 104 valence electrons. The zero-order valence-electron chi connectivity index (χ0n) is 11.8. The van der Waals surface area contributed by atoms with Crippen LogP contribution in [-0.2, 0) is 4.79 Å². The lowest BCUT2D eigenvalue weighted by Crippen LogP contribution is -2.22. The molecule has 0 aromatic heterocycles. The van der Waals surface area contributed by atoms with Gasteiger partial charge in [0.25, 0.3) is 0 Å². The standard InChI is InChI=1S/C15H21NO3/c1-4-13(17)11-7-8-16(10-11)12-5-6-14(18-2)15(9-12)19-3/h5-6,9,11H,4,7-8,10H2,1-3H3. The first-order valence-corrected chi connectivity index (χ1v) is 6.69. The van der Waals surface area contributed by atoms with E-state index in [1.807, 2.05) is 25.1 Å². The number of anilines is 1. The van der Waals surface area contributed by atoms with Gasteiger partial charge in [-0.05, 0) is 18.6 Å². The zero-order valence-corrected chi connectivity index (χ0v) is 11.8. The Kier molecular flexibility index (Phi) is 4.30. The van der Waals surface area contributed by atoms with Gasteiger partial charge in [0.15, 0.2) is 11.5 Å². The van der Waals surface area contributed by atoms with Gasteiger partial charge in [0.2, 0.25) is 0 Å². The van der Waals surface area contributed by atoms with Crippen LogP contribution in [-0.4, -0.2) is 33.1 Å². The van der Waals surface area contributed by atoms with E-state index in [0.29, 0.717) is 12.2 Å². The Morgan fingerprint density at radius 2 is 2.05 bits per heavy atom. The summed E-state index contributed by atoms with van der Waals surface area (Å²) < 4.78 is 10.5. The molecular formula is C15H21NO3. The molecule has 2 rings (SSSR count). The molecule has 0 N–H and O–H groups in total. The molecule has 1 aromatic rings. The predicted octanol–water partition coefficient (Wildman–Crippen LogP) is 2.51. The molecule has 1 aliphatic rings. The number of ketones is 1. The predicted molar refractivity (Wildman–Crippen MR) is 75.2 cm³/mol. The number of rotatable bonds is 5. The third-order valence-electron chi connectivity index (χ3n) is 3.72. The fraction of sp³-hybridized carbons (Fsp3) is 0.533. The van der Waals surface area contributed by atoms with E-state index in [1.165, 1.54) is 0 Å². The first kappa shape index (κ1) is 13.7. The maximum absolute atomic E-state index is 11.7. The van der Waals surface area contributed by atoms with Crippen molar-refractivity contribution in [3.05, 3.63) is 18.2 Å². The van der Waals surface area contributed by atoms with Gasteiger partial charge >= 0.3 is 0 Å². The highest BCUT2D eigenvalue weighted by Gasteiger charge is 2.27. The van der Waals surface area contributed by atoms with Crippen molar-refractivity contribution in [3.63, 3.8) is 0 Å². The van der Waals surface area contributed by atoms with Crippen molar-refractivity contribution < 1.29 is 14.3 Å². The second kappa shape index (κ2) is 5.95. The van der Waals surface area contributed by atoms with Crippen molar-refractivity contribution in [2.75, 3.05) is 32.2 Å². The number of hydrogen-bond donors (Lipinski definition) is 0. The second-order valence-electron chi connectivity index (χ2n) is 4.79. The highest BCUT2D eigenvalue weighted by atomic mass is 16.5. The Labute approximate surface area is 114 Å². The number of carbonyl (C=O) groups is 1. The van der Waals surface area contributed by atoms with Crippen LogP contribution in [0.25, 0.3) is 0 Å². The molecule has 1 aliphatic heterocycles. The lowest BCUT2D eigenvalue weighted by Gasteiger charge is -2.20. The van der Waals surface area contributed by atoms with E-state index in [-0.39, 0.29) is 5.92 Å².